The molecular weight excluding hydrogens is 266 g/mol. The third kappa shape index (κ3) is 6.55. The number of benzene rings is 1. The van der Waals surface area contributed by atoms with Crippen LogP contribution in [0, 0.1) is 11.3 Å². The van der Waals surface area contributed by atoms with Gasteiger partial charge in [0, 0.05) is 25.3 Å². The van der Waals surface area contributed by atoms with Crippen LogP contribution in [-0.4, -0.2) is 33.5 Å². The average Bonchev–Trinajstić information content (AvgIpc) is 2.43. The molecule has 0 aliphatic rings. The molecule has 0 amide bonds. The Balaban J connectivity index is 2.14. The molecule has 0 saturated carbocycles. The molecule has 104 valence electrons. The van der Waals surface area contributed by atoms with Gasteiger partial charge in [-0.15, -0.1) is 0 Å². The lowest BCUT2D eigenvalue weighted by Gasteiger charge is -2.07. The SMILES string of the molecule is COCCCOCCOCc1ccc(C#N)cc1Cl. The fourth-order valence-electron chi connectivity index (χ4n) is 1.44. The number of nitriles is 1. The summed E-state index contributed by atoms with van der Waals surface area (Å²) in [6.45, 7) is 2.88. The minimum Gasteiger partial charge on any atom is -0.385 e. The van der Waals surface area contributed by atoms with Gasteiger partial charge in [-0.1, -0.05) is 17.7 Å². The maximum atomic E-state index is 8.72. The third-order valence-electron chi connectivity index (χ3n) is 2.45. The van der Waals surface area contributed by atoms with Gasteiger partial charge in [-0.3, -0.25) is 0 Å². The summed E-state index contributed by atoms with van der Waals surface area (Å²) >= 11 is 6.03. The first-order valence-corrected chi connectivity index (χ1v) is 6.48. The summed E-state index contributed by atoms with van der Waals surface area (Å²) in [6, 6.07) is 7.21. The number of hydrogen-bond acceptors (Lipinski definition) is 4. The van der Waals surface area contributed by atoms with E-state index in [9.17, 15) is 0 Å². The molecule has 0 aliphatic heterocycles. The fraction of sp³-hybridized carbons (Fsp3) is 0.500. The average molecular weight is 284 g/mol. The van der Waals surface area contributed by atoms with Gasteiger partial charge >= 0.3 is 0 Å². The molecule has 0 unspecified atom stereocenters. The van der Waals surface area contributed by atoms with Gasteiger partial charge in [0.05, 0.1) is 31.5 Å². The molecule has 1 aromatic rings. The first-order chi connectivity index (χ1) is 9.27. The maximum Gasteiger partial charge on any atom is 0.0992 e. The molecule has 0 fully saturated rings. The molecule has 0 bridgehead atoms. The highest BCUT2D eigenvalue weighted by atomic mass is 35.5. The number of ether oxygens (including phenoxy) is 3. The number of nitrogens with zero attached hydrogens (tertiary/aromatic N) is 1. The van der Waals surface area contributed by atoms with Crippen molar-refractivity contribution in [2.24, 2.45) is 0 Å². The van der Waals surface area contributed by atoms with Crippen molar-refractivity contribution in [1.29, 1.82) is 5.26 Å². The summed E-state index contributed by atoms with van der Waals surface area (Å²) in [4.78, 5) is 0. The molecule has 0 heterocycles. The van der Waals surface area contributed by atoms with Crippen molar-refractivity contribution in [3.63, 3.8) is 0 Å². The largest absolute Gasteiger partial charge is 0.385 e. The lowest BCUT2D eigenvalue weighted by Crippen LogP contribution is -2.06. The number of rotatable bonds is 9. The Bertz CT molecular complexity index is 418. The zero-order valence-electron chi connectivity index (χ0n) is 11.0. The van der Waals surface area contributed by atoms with Crippen molar-refractivity contribution in [2.75, 3.05) is 33.5 Å². The van der Waals surface area contributed by atoms with Crippen molar-refractivity contribution in [2.45, 2.75) is 13.0 Å². The lowest BCUT2D eigenvalue weighted by molar-refractivity contribution is 0.0337. The van der Waals surface area contributed by atoms with Gasteiger partial charge in [-0.25, -0.2) is 0 Å². The number of methoxy groups -OCH3 is 1. The van der Waals surface area contributed by atoms with Crippen LogP contribution in [0.15, 0.2) is 18.2 Å². The first-order valence-electron chi connectivity index (χ1n) is 6.11. The standard InChI is InChI=1S/C14H18ClNO3/c1-17-5-2-6-18-7-8-19-11-13-4-3-12(10-16)9-14(13)15/h3-4,9H,2,5-8,11H2,1H3. The Hall–Kier alpha value is -1.12. The zero-order valence-corrected chi connectivity index (χ0v) is 11.8. The normalized spacial score (nSPS) is 10.4. The predicted octanol–water partition coefficient (Wildman–Crippen LogP) is 2.78. The Morgan fingerprint density at radius 2 is 1.95 bits per heavy atom. The number of halogens is 1. The van der Waals surface area contributed by atoms with Gasteiger partial charge < -0.3 is 14.2 Å². The Morgan fingerprint density at radius 3 is 2.63 bits per heavy atom. The maximum absolute atomic E-state index is 8.72. The van der Waals surface area contributed by atoms with Crippen LogP contribution in [0.3, 0.4) is 0 Å². The molecule has 1 aromatic carbocycles. The van der Waals surface area contributed by atoms with Gasteiger partial charge in [0.2, 0.25) is 0 Å². The monoisotopic (exact) mass is 283 g/mol. The van der Waals surface area contributed by atoms with Crippen LogP contribution in [0.2, 0.25) is 5.02 Å². The van der Waals surface area contributed by atoms with E-state index < -0.39 is 0 Å². The highest BCUT2D eigenvalue weighted by Crippen LogP contribution is 2.18. The third-order valence-corrected chi connectivity index (χ3v) is 2.80. The summed E-state index contributed by atoms with van der Waals surface area (Å²) in [5.41, 5.74) is 1.43. The van der Waals surface area contributed by atoms with Crippen molar-refractivity contribution in [3.05, 3.63) is 34.3 Å². The lowest BCUT2D eigenvalue weighted by atomic mass is 10.1. The van der Waals surface area contributed by atoms with Crippen molar-refractivity contribution < 1.29 is 14.2 Å². The number of hydrogen-bond donors (Lipinski definition) is 0. The van der Waals surface area contributed by atoms with Crippen LogP contribution in [0.25, 0.3) is 0 Å². The molecule has 4 nitrogen and oxygen atoms in total. The smallest absolute Gasteiger partial charge is 0.0992 e. The van der Waals surface area contributed by atoms with Gasteiger partial charge in [0.1, 0.15) is 0 Å². The van der Waals surface area contributed by atoms with Crippen molar-refractivity contribution in [1.82, 2.24) is 0 Å². The minimum atomic E-state index is 0.423. The Labute approximate surface area is 118 Å². The van der Waals surface area contributed by atoms with Gasteiger partial charge in [0.25, 0.3) is 0 Å². The van der Waals surface area contributed by atoms with Gasteiger partial charge in [-0.2, -0.15) is 5.26 Å². The van der Waals surface area contributed by atoms with Crippen LogP contribution in [-0.2, 0) is 20.8 Å². The molecule has 0 aromatic heterocycles. The highest BCUT2D eigenvalue weighted by molar-refractivity contribution is 6.31. The van der Waals surface area contributed by atoms with E-state index in [1.165, 1.54) is 0 Å². The van der Waals surface area contributed by atoms with E-state index in [1.807, 2.05) is 6.07 Å². The van der Waals surface area contributed by atoms with Gasteiger partial charge in [-0.05, 0) is 24.1 Å². The zero-order chi connectivity index (χ0) is 13.9. The summed E-state index contributed by atoms with van der Waals surface area (Å²) in [5.74, 6) is 0. The predicted molar refractivity (Wildman–Crippen MR) is 73.1 cm³/mol. The van der Waals surface area contributed by atoms with E-state index in [1.54, 1.807) is 25.3 Å². The van der Waals surface area contributed by atoms with E-state index in [0.29, 0.717) is 43.6 Å². The van der Waals surface area contributed by atoms with E-state index in [-0.39, 0.29) is 0 Å². The second-order valence-corrected chi connectivity index (χ2v) is 4.34. The molecule has 0 spiro atoms. The molecule has 5 heteroatoms. The Kier molecular flexibility index (Phi) is 8.19. The van der Waals surface area contributed by atoms with Crippen molar-refractivity contribution >= 4 is 11.6 Å². The molecule has 0 radical (unpaired) electrons. The second kappa shape index (κ2) is 9.76. The summed E-state index contributed by atoms with van der Waals surface area (Å²) in [6.07, 6.45) is 0.887. The fourth-order valence-corrected chi connectivity index (χ4v) is 1.68. The molecule has 0 N–H and O–H groups in total. The summed E-state index contributed by atoms with van der Waals surface area (Å²) < 4.78 is 15.7. The van der Waals surface area contributed by atoms with E-state index in [4.69, 9.17) is 31.1 Å². The summed E-state index contributed by atoms with van der Waals surface area (Å²) in [5, 5.41) is 9.28. The topological polar surface area (TPSA) is 51.5 Å². The van der Waals surface area contributed by atoms with Crippen LogP contribution in [0.5, 0.6) is 0 Å². The quantitative estimate of drug-likeness (QED) is 0.654. The molecule has 0 aliphatic carbocycles. The second-order valence-electron chi connectivity index (χ2n) is 3.93. The minimum absolute atomic E-state index is 0.423. The van der Waals surface area contributed by atoms with Crippen LogP contribution >= 0.6 is 11.6 Å². The Morgan fingerprint density at radius 1 is 1.16 bits per heavy atom. The van der Waals surface area contributed by atoms with Crippen LogP contribution in [0.1, 0.15) is 17.5 Å². The van der Waals surface area contributed by atoms with Crippen LogP contribution < -0.4 is 0 Å². The van der Waals surface area contributed by atoms with Gasteiger partial charge in [0.15, 0.2) is 0 Å². The summed E-state index contributed by atoms with van der Waals surface area (Å²) in [7, 11) is 1.67. The van der Waals surface area contributed by atoms with Crippen LogP contribution in [0.4, 0.5) is 0 Å². The molecule has 1 rings (SSSR count). The van der Waals surface area contributed by atoms with E-state index >= 15 is 0 Å². The van der Waals surface area contributed by atoms with E-state index in [2.05, 4.69) is 0 Å². The van der Waals surface area contributed by atoms with E-state index in [0.717, 1.165) is 12.0 Å². The highest BCUT2D eigenvalue weighted by Gasteiger charge is 2.02. The molecule has 0 atom stereocenters. The first kappa shape index (κ1) is 15.9. The molecule has 19 heavy (non-hydrogen) atoms. The molecule has 0 saturated heterocycles. The molecular formula is C14H18ClNO3. The van der Waals surface area contributed by atoms with Crippen molar-refractivity contribution in [3.8, 4) is 6.07 Å².